The Bertz CT molecular complexity index is 1370. The number of hydrogen-bond donors (Lipinski definition) is 3. The van der Waals surface area contributed by atoms with Crippen LogP contribution in [0.3, 0.4) is 0 Å². The zero-order chi connectivity index (χ0) is 28.2. The molecule has 1 aromatic heterocycles. The molecule has 2 aromatic rings. The van der Waals surface area contributed by atoms with Gasteiger partial charge in [-0.2, -0.15) is 4.31 Å². The summed E-state index contributed by atoms with van der Waals surface area (Å²) in [5, 5.41) is 7.48. The van der Waals surface area contributed by atoms with Crippen LogP contribution in [0, 0.1) is 0 Å². The lowest BCUT2D eigenvalue weighted by molar-refractivity contribution is 0.0730. The Balaban J connectivity index is 1.57. The van der Waals surface area contributed by atoms with E-state index in [0.29, 0.717) is 36.6 Å². The Morgan fingerprint density at radius 3 is 2.38 bits per heavy atom. The maximum Gasteiger partial charge on any atom is 0.410 e. The molecule has 0 spiro atoms. The van der Waals surface area contributed by atoms with E-state index >= 15 is 0 Å². The van der Waals surface area contributed by atoms with Gasteiger partial charge in [-0.05, 0) is 43.2 Å². The highest BCUT2D eigenvalue weighted by molar-refractivity contribution is 7.89. The van der Waals surface area contributed by atoms with Crippen LogP contribution in [-0.4, -0.2) is 88.1 Å². The maximum atomic E-state index is 13.1. The summed E-state index contributed by atoms with van der Waals surface area (Å²) in [7, 11) is -2.35. The summed E-state index contributed by atoms with van der Waals surface area (Å²) in [4.78, 5) is 52.4. The number of ether oxygens (including phenoxy) is 2. The molecule has 0 aliphatic carbocycles. The monoisotopic (exact) mass is 579 g/mol. The third kappa shape index (κ3) is 6.21. The number of hydrogen-bond acceptors (Lipinski definition) is 9. The summed E-state index contributed by atoms with van der Waals surface area (Å²) in [5.41, 5.74) is 0.944. The predicted molar refractivity (Wildman–Crippen MR) is 141 cm³/mol. The van der Waals surface area contributed by atoms with Gasteiger partial charge in [0.05, 0.1) is 36.8 Å². The standard InChI is InChI=1S/C24H29N5O8S2/c1-3-37-24(33)28-9-8-17-18(14-28)38-22(19(17)21(31)27-23(32)25-2)26-20(30)15-4-6-16(7-5-15)39(34,35)29-10-12-36-13-11-29/h4-7H,3,8-14H2,1-2H3,(H,26,30)(H2,25,27,31,32). The van der Waals surface area contributed by atoms with Gasteiger partial charge >= 0.3 is 12.1 Å². The molecule has 1 saturated heterocycles. The lowest BCUT2D eigenvalue weighted by atomic mass is 10.0. The van der Waals surface area contributed by atoms with Crippen LogP contribution in [0.5, 0.6) is 0 Å². The molecule has 1 fully saturated rings. The molecule has 15 heteroatoms. The van der Waals surface area contributed by atoms with E-state index in [1.165, 1.54) is 40.5 Å². The van der Waals surface area contributed by atoms with E-state index in [4.69, 9.17) is 9.47 Å². The smallest absolute Gasteiger partial charge is 0.410 e. The van der Waals surface area contributed by atoms with Gasteiger partial charge in [-0.1, -0.05) is 0 Å². The van der Waals surface area contributed by atoms with Gasteiger partial charge in [-0.25, -0.2) is 18.0 Å². The summed E-state index contributed by atoms with van der Waals surface area (Å²) >= 11 is 1.13. The molecule has 0 unspecified atom stereocenters. The van der Waals surface area contributed by atoms with Gasteiger partial charge in [-0.15, -0.1) is 11.3 Å². The van der Waals surface area contributed by atoms with Crippen molar-refractivity contribution in [2.45, 2.75) is 24.8 Å². The molecule has 210 valence electrons. The third-order valence-corrected chi connectivity index (χ3v) is 9.26. The number of carbonyl (C=O) groups excluding carboxylic acids is 4. The Hall–Kier alpha value is -3.53. The van der Waals surface area contributed by atoms with Gasteiger partial charge in [0, 0.05) is 37.1 Å². The SMILES string of the molecule is CCOC(=O)N1CCc2c(sc(NC(=O)c3ccc(S(=O)(=O)N4CCOCC4)cc3)c2C(=O)NC(=O)NC)C1. The largest absolute Gasteiger partial charge is 0.450 e. The highest BCUT2D eigenvalue weighted by Gasteiger charge is 2.32. The molecule has 5 amide bonds. The number of amides is 5. The first kappa shape index (κ1) is 28.5. The number of anilines is 1. The van der Waals surface area contributed by atoms with Crippen LogP contribution in [0.4, 0.5) is 14.6 Å². The summed E-state index contributed by atoms with van der Waals surface area (Å²) in [5.74, 6) is -1.26. The van der Waals surface area contributed by atoms with Crippen molar-refractivity contribution in [2.75, 3.05) is 51.8 Å². The van der Waals surface area contributed by atoms with Crippen LogP contribution in [0.15, 0.2) is 29.2 Å². The quantitative estimate of drug-likeness (QED) is 0.465. The van der Waals surface area contributed by atoms with Crippen molar-refractivity contribution >= 4 is 50.3 Å². The lowest BCUT2D eigenvalue weighted by Crippen LogP contribution is -2.40. The normalized spacial score (nSPS) is 15.7. The number of nitrogens with zero attached hydrogens (tertiary/aromatic N) is 2. The number of sulfonamides is 1. The number of urea groups is 1. The van der Waals surface area contributed by atoms with E-state index in [0.717, 1.165) is 11.3 Å². The van der Waals surface area contributed by atoms with Crippen molar-refractivity contribution in [3.63, 3.8) is 0 Å². The first-order chi connectivity index (χ1) is 18.6. The summed E-state index contributed by atoms with van der Waals surface area (Å²) in [6.07, 6.45) is -0.156. The number of fused-ring (bicyclic) bond motifs is 1. The second-order valence-electron chi connectivity index (χ2n) is 8.61. The molecule has 0 atom stereocenters. The average molecular weight is 580 g/mol. The van der Waals surface area contributed by atoms with Crippen LogP contribution in [0.1, 0.15) is 38.1 Å². The summed E-state index contributed by atoms with van der Waals surface area (Å²) < 4.78 is 37.4. The van der Waals surface area contributed by atoms with E-state index in [-0.39, 0.29) is 47.3 Å². The molecule has 0 saturated carbocycles. The Kier molecular flexibility index (Phi) is 8.84. The third-order valence-electron chi connectivity index (χ3n) is 6.22. The number of benzene rings is 1. The fraction of sp³-hybridized carbons (Fsp3) is 0.417. The van der Waals surface area contributed by atoms with E-state index in [1.54, 1.807) is 6.92 Å². The minimum atomic E-state index is -3.72. The highest BCUT2D eigenvalue weighted by Crippen LogP contribution is 2.37. The van der Waals surface area contributed by atoms with Crippen LogP contribution >= 0.6 is 11.3 Å². The second-order valence-corrected chi connectivity index (χ2v) is 11.6. The van der Waals surface area contributed by atoms with Crippen LogP contribution < -0.4 is 16.0 Å². The van der Waals surface area contributed by atoms with E-state index < -0.39 is 34.0 Å². The van der Waals surface area contributed by atoms with Gasteiger partial charge in [0.1, 0.15) is 5.00 Å². The Morgan fingerprint density at radius 1 is 1.05 bits per heavy atom. The van der Waals surface area contributed by atoms with E-state index in [1.807, 2.05) is 0 Å². The Morgan fingerprint density at radius 2 is 1.74 bits per heavy atom. The van der Waals surface area contributed by atoms with Gasteiger partial charge < -0.3 is 25.0 Å². The molecule has 0 bridgehead atoms. The number of morpholine rings is 1. The molecule has 13 nitrogen and oxygen atoms in total. The van der Waals surface area contributed by atoms with Gasteiger partial charge in [0.25, 0.3) is 11.8 Å². The molecule has 0 radical (unpaired) electrons. The number of nitrogens with one attached hydrogen (secondary N) is 3. The van der Waals surface area contributed by atoms with Crippen molar-refractivity contribution in [3.05, 3.63) is 45.8 Å². The van der Waals surface area contributed by atoms with Crippen LogP contribution in [0.2, 0.25) is 0 Å². The molecule has 3 N–H and O–H groups in total. The Labute approximate surface area is 229 Å². The van der Waals surface area contributed by atoms with Crippen molar-refractivity contribution in [2.24, 2.45) is 0 Å². The molecule has 3 heterocycles. The molecule has 39 heavy (non-hydrogen) atoms. The summed E-state index contributed by atoms with van der Waals surface area (Å²) in [6, 6.07) is 4.79. The maximum absolute atomic E-state index is 13.1. The zero-order valence-corrected chi connectivity index (χ0v) is 23.1. The minimum Gasteiger partial charge on any atom is -0.450 e. The zero-order valence-electron chi connectivity index (χ0n) is 21.4. The molecular formula is C24H29N5O8S2. The van der Waals surface area contributed by atoms with Gasteiger partial charge in [0.2, 0.25) is 10.0 Å². The molecule has 1 aromatic carbocycles. The number of rotatable bonds is 6. The first-order valence-electron chi connectivity index (χ1n) is 12.2. The van der Waals surface area contributed by atoms with E-state index in [9.17, 15) is 27.6 Å². The second kappa shape index (κ2) is 12.1. The van der Waals surface area contributed by atoms with Gasteiger partial charge in [-0.3, -0.25) is 14.9 Å². The minimum absolute atomic E-state index is 0.0530. The number of carbonyl (C=O) groups is 4. The molecular weight excluding hydrogens is 550 g/mol. The van der Waals surface area contributed by atoms with Crippen molar-refractivity contribution < 1.29 is 37.1 Å². The first-order valence-corrected chi connectivity index (χ1v) is 14.5. The molecule has 2 aliphatic heterocycles. The topological polar surface area (TPSA) is 163 Å². The fourth-order valence-corrected chi connectivity index (χ4v) is 6.88. The predicted octanol–water partition coefficient (Wildman–Crippen LogP) is 1.61. The van der Waals surface area contributed by atoms with Crippen LogP contribution in [-0.2, 0) is 32.5 Å². The number of thiophene rings is 1. The average Bonchev–Trinajstić information content (AvgIpc) is 3.30. The molecule has 2 aliphatic rings. The van der Waals surface area contributed by atoms with Gasteiger partial charge in [0.15, 0.2) is 0 Å². The highest BCUT2D eigenvalue weighted by atomic mass is 32.2. The van der Waals surface area contributed by atoms with Crippen molar-refractivity contribution in [1.29, 1.82) is 0 Å². The van der Waals surface area contributed by atoms with E-state index in [2.05, 4.69) is 16.0 Å². The van der Waals surface area contributed by atoms with Crippen LogP contribution in [0.25, 0.3) is 0 Å². The lowest BCUT2D eigenvalue weighted by Gasteiger charge is -2.26. The fourth-order valence-electron chi connectivity index (χ4n) is 4.22. The van der Waals surface area contributed by atoms with Crippen molar-refractivity contribution in [1.82, 2.24) is 19.8 Å². The van der Waals surface area contributed by atoms with Crippen molar-refractivity contribution in [3.8, 4) is 0 Å². The number of imide groups is 1. The summed E-state index contributed by atoms with van der Waals surface area (Å²) in [6.45, 7) is 3.55. The molecule has 4 rings (SSSR count).